The topological polar surface area (TPSA) is 64.8 Å². The zero-order chi connectivity index (χ0) is 17.5. The number of carbonyl (C=O) groups is 1. The van der Waals surface area contributed by atoms with E-state index in [0.29, 0.717) is 6.61 Å². The van der Waals surface area contributed by atoms with E-state index in [1.807, 2.05) is 38.2 Å². The first-order valence-electron chi connectivity index (χ1n) is 7.99. The summed E-state index contributed by atoms with van der Waals surface area (Å²) in [7, 11) is 2.03. The van der Waals surface area contributed by atoms with Crippen molar-refractivity contribution in [2.75, 3.05) is 13.7 Å². The zero-order valence-electron chi connectivity index (χ0n) is 14.6. The third-order valence-corrected chi connectivity index (χ3v) is 3.83. The van der Waals surface area contributed by atoms with E-state index in [2.05, 4.69) is 17.0 Å². The zero-order valence-corrected chi connectivity index (χ0v) is 14.6. The summed E-state index contributed by atoms with van der Waals surface area (Å²) in [6.07, 6.45) is 1.58. The molecule has 0 fully saturated rings. The Labute approximate surface area is 142 Å². The van der Waals surface area contributed by atoms with E-state index in [1.165, 1.54) is 6.92 Å². The first-order valence-corrected chi connectivity index (χ1v) is 7.99. The van der Waals surface area contributed by atoms with Crippen molar-refractivity contribution < 1.29 is 18.8 Å². The van der Waals surface area contributed by atoms with E-state index in [-0.39, 0.29) is 18.6 Å². The van der Waals surface area contributed by atoms with Crippen molar-refractivity contribution in [3.8, 4) is 5.75 Å². The summed E-state index contributed by atoms with van der Waals surface area (Å²) in [6.45, 7) is 6.91. The largest absolute Gasteiger partial charge is 0.493 e. The van der Waals surface area contributed by atoms with Crippen LogP contribution in [0.5, 0.6) is 5.75 Å². The predicted octanol–water partition coefficient (Wildman–Crippen LogP) is 3.33. The average Bonchev–Trinajstić information content (AvgIpc) is 3.08. The van der Waals surface area contributed by atoms with Crippen LogP contribution in [0.3, 0.4) is 0 Å². The molecule has 0 aliphatic heterocycles. The van der Waals surface area contributed by atoms with Crippen molar-refractivity contribution in [3.63, 3.8) is 0 Å². The van der Waals surface area contributed by atoms with Gasteiger partial charge in [0.05, 0.1) is 12.6 Å². The third-order valence-electron chi connectivity index (χ3n) is 3.83. The number of hydrogen-bond donors (Lipinski definition) is 0. The van der Waals surface area contributed by atoms with E-state index < -0.39 is 0 Å². The lowest BCUT2D eigenvalue weighted by atomic mass is 10.1. The molecule has 2 rings (SSSR count). The molecule has 0 spiro atoms. The molecule has 0 amide bonds. The van der Waals surface area contributed by atoms with Gasteiger partial charge in [-0.2, -0.15) is 0 Å². The second-order valence-corrected chi connectivity index (χ2v) is 5.67. The van der Waals surface area contributed by atoms with Gasteiger partial charge in [-0.3, -0.25) is 9.69 Å². The summed E-state index contributed by atoms with van der Waals surface area (Å²) < 4.78 is 15.6. The molecule has 24 heavy (non-hydrogen) atoms. The summed E-state index contributed by atoms with van der Waals surface area (Å²) in [5.41, 5.74) is 2.87. The molecule has 0 saturated heterocycles. The van der Waals surface area contributed by atoms with E-state index in [4.69, 9.17) is 14.0 Å². The molecule has 0 radical (unpaired) electrons. The lowest BCUT2D eigenvalue weighted by Gasteiger charge is -2.23. The molecule has 0 unspecified atom stereocenters. The van der Waals surface area contributed by atoms with Crippen LogP contribution >= 0.6 is 0 Å². The summed E-state index contributed by atoms with van der Waals surface area (Å²) in [5, 5.41) is 3.99. The van der Waals surface area contributed by atoms with Gasteiger partial charge in [-0.1, -0.05) is 11.2 Å². The Kier molecular flexibility index (Phi) is 6.37. The summed E-state index contributed by atoms with van der Waals surface area (Å²) in [6, 6.07) is 7.96. The van der Waals surface area contributed by atoms with Crippen LogP contribution in [0, 0.1) is 0 Å². The number of nitrogens with zero attached hydrogens (tertiary/aromatic N) is 2. The molecule has 1 aromatic heterocycles. The maximum atomic E-state index is 11.1. The number of carbonyl (C=O) groups excluding carboxylic acids is 1. The Morgan fingerprint density at radius 3 is 2.79 bits per heavy atom. The molecule has 2 aromatic rings. The van der Waals surface area contributed by atoms with Gasteiger partial charge in [-0.15, -0.1) is 0 Å². The lowest BCUT2D eigenvalue weighted by molar-refractivity contribution is -0.142. The average molecular weight is 332 g/mol. The molecule has 1 atom stereocenters. The van der Waals surface area contributed by atoms with Crippen LogP contribution in [0.4, 0.5) is 0 Å². The molecule has 1 aromatic carbocycles. The number of ether oxygens (including phenoxy) is 2. The SMILES string of the molecule is CCOc1ccc(CN(C)[C@@H](C)c2ccon2)cc1COC(C)=O. The molecule has 0 aliphatic rings. The molecule has 0 N–H and O–H groups in total. The van der Waals surface area contributed by atoms with Crippen molar-refractivity contribution in [1.82, 2.24) is 10.1 Å². The van der Waals surface area contributed by atoms with Crippen molar-refractivity contribution in [1.29, 1.82) is 0 Å². The Bertz CT molecular complexity index is 655. The Hall–Kier alpha value is -2.34. The van der Waals surface area contributed by atoms with Crippen LogP contribution in [0.15, 0.2) is 35.1 Å². The van der Waals surface area contributed by atoms with Crippen LogP contribution in [0.25, 0.3) is 0 Å². The number of hydrogen-bond acceptors (Lipinski definition) is 6. The maximum absolute atomic E-state index is 11.1. The van der Waals surface area contributed by atoms with E-state index in [1.54, 1.807) is 6.26 Å². The summed E-state index contributed by atoms with van der Waals surface area (Å²) in [4.78, 5) is 13.3. The molecular weight excluding hydrogens is 308 g/mol. The fourth-order valence-corrected chi connectivity index (χ4v) is 2.41. The first-order chi connectivity index (χ1) is 11.5. The monoisotopic (exact) mass is 332 g/mol. The Balaban J connectivity index is 2.11. The van der Waals surface area contributed by atoms with E-state index in [9.17, 15) is 4.79 Å². The van der Waals surface area contributed by atoms with Crippen molar-refractivity contribution >= 4 is 5.97 Å². The first kappa shape index (κ1) is 18.0. The van der Waals surface area contributed by atoms with Gasteiger partial charge in [0.25, 0.3) is 0 Å². The second-order valence-electron chi connectivity index (χ2n) is 5.67. The minimum atomic E-state index is -0.306. The fourth-order valence-electron chi connectivity index (χ4n) is 2.41. The van der Waals surface area contributed by atoms with Crippen LogP contribution < -0.4 is 4.74 Å². The van der Waals surface area contributed by atoms with Gasteiger partial charge in [-0.05, 0) is 38.6 Å². The highest BCUT2D eigenvalue weighted by Crippen LogP contribution is 2.24. The van der Waals surface area contributed by atoms with Gasteiger partial charge in [0.2, 0.25) is 0 Å². The minimum absolute atomic E-state index is 0.132. The number of esters is 1. The molecule has 6 nitrogen and oxygen atoms in total. The second kappa shape index (κ2) is 8.49. The lowest BCUT2D eigenvalue weighted by Crippen LogP contribution is -2.22. The fraction of sp³-hybridized carbons (Fsp3) is 0.444. The molecule has 0 saturated carbocycles. The van der Waals surface area contributed by atoms with Crippen LogP contribution in [0.1, 0.15) is 43.6 Å². The highest BCUT2D eigenvalue weighted by Gasteiger charge is 2.15. The van der Waals surface area contributed by atoms with Crippen molar-refractivity contribution in [3.05, 3.63) is 47.3 Å². The normalized spacial score (nSPS) is 12.2. The van der Waals surface area contributed by atoms with E-state index in [0.717, 1.165) is 29.1 Å². The standard InChI is InChI=1S/C18H24N2O4/c1-5-22-18-7-6-15(10-16(18)12-23-14(3)21)11-20(4)13(2)17-8-9-24-19-17/h6-10,13H,5,11-12H2,1-4H3/t13-/m0/s1. The van der Waals surface area contributed by atoms with Gasteiger partial charge in [-0.25, -0.2) is 0 Å². The number of aromatic nitrogens is 1. The third kappa shape index (κ3) is 4.83. The van der Waals surface area contributed by atoms with Crippen molar-refractivity contribution in [2.45, 2.75) is 40.0 Å². The molecule has 6 heteroatoms. The van der Waals surface area contributed by atoms with Gasteiger partial charge in [0.15, 0.2) is 0 Å². The minimum Gasteiger partial charge on any atom is -0.493 e. The molecule has 0 bridgehead atoms. The quantitative estimate of drug-likeness (QED) is 0.691. The Morgan fingerprint density at radius 2 is 2.17 bits per heavy atom. The predicted molar refractivity (Wildman–Crippen MR) is 89.5 cm³/mol. The summed E-state index contributed by atoms with van der Waals surface area (Å²) >= 11 is 0. The Morgan fingerprint density at radius 1 is 1.38 bits per heavy atom. The number of benzene rings is 1. The highest BCUT2D eigenvalue weighted by atomic mass is 16.5. The maximum Gasteiger partial charge on any atom is 0.302 e. The van der Waals surface area contributed by atoms with Crippen LogP contribution in [-0.2, 0) is 22.7 Å². The molecule has 1 heterocycles. The molecular formula is C18H24N2O4. The van der Waals surface area contributed by atoms with Crippen molar-refractivity contribution in [2.24, 2.45) is 0 Å². The molecule has 130 valence electrons. The van der Waals surface area contributed by atoms with Gasteiger partial charge < -0.3 is 14.0 Å². The van der Waals surface area contributed by atoms with Crippen LogP contribution in [-0.4, -0.2) is 29.7 Å². The number of rotatable bonds is 8. The van der Waals surface area contributed by atoms with Gasteiger partial charge in [0.1, 0.15) is 24.3 Å². The van der Waals surface area contributed by atoms with E-state index >= 15 is 0 Å². The smallest absolute Gasteiger partial charge is 0.302 e. The van der Waals surface area contributed by atoms with Gasteiger partial charge >= 0.3 is 5.97 Å². The summed E-state index contributed by atoms with van der Waals surface area (Å²) in [5.74, 6) is 0.439. The van der Waals surface area contributed by atoms with Crippen LogP contribution in [0.2, 0.25) is 0 Å². The van der Waals surface area contributed by atoms with Gasteiger partial charge in [0, 0.05) is 25.1 Å². The molecule has 0 aliphatic carbocycles. The highest BCUT2D eigenvalue weighted by molar-refractivity contribution is 5.66.